The van der Waals surface area contributed by atoms with E-state index in [0.717, 1.165) is 17.0 Å². The monoisotopic (exact) mass is 263 g/mol. The third-order valence-corrected chi connectivity index (χ3v) is 3.02. The van der Waals surface area contributed by atoms with Crippen LogP contribution in [0.2, 0.25) is 5.02 Å². The lowest BCUT2D eigenvalue weighted by atomic mass is 10.1. The zero-order chi connectivity index (χ0) is 13.0. The van der Waals surface area contributed by atoms with E-state index in [-0.39, 0.29) is 6.61 Å². The highest BCUT2D eigenvalue weighted by molar-refractivity contribution is 6.31. The Kier molecular flexibility index (Phi) is 4.18. The lowest BCUT2D eigenvalue weighted by Crippen LogP contribution is -1.93. The number of ether oxygens (including phenoxy) is 1. The van der Waals surface area contributed by atoms with Crippen LogP contribution in [0.3, 0.4) is 0 Å². The van der Waals surface area contributed by atoms with Gasteiger partial charge in [0.25, 0.3) is 0 Å². The van der Waals surface area contributed by atoms with Gasteiger partial charge in [-0.3, -0.25) is 4.98 Å². The van der Waals surface area contributed by atoms with Crippen molar-refractivity contribution in [1.29, 1.82) is 0 Å². The van der Waals surface area contributed by atoms with Gasteiger partial charge in [0.15, 0.2) is 0 Å². The molecule has 0 amide bonds. The Morgan fingerprint density at radius 2 is 2.11 bits per heavy atom. The summed E-state index contributed by atoms with van der Waals surface area (Å²) in [6.45, 7) is 1.94. The molecule has 1 heterocycles. The van der Waals surface area contributed by atoms with Crippen molar-refractivity contribution < 1.29 is 9.84 Å². The molecule has 18 heavy (non-hydrogen) atoms. The Labute approximate surface area is 111 Å². The molecule has 0 saturated carbocycles. The van der Waals surface area contributed by atoms with Crippen molar-refractivity contribution in [1.82, 2.24) is 4.98 Å². The Morgan fingerprint density at radius 1 is 1.28 bits per heavy atom. The van der Waals surface area contributed by atoms with E-state index >= 15 is 0 Å². The maximum atomic E-state index is 9.20. The van der Waals surface area contributed by atoms with Crippen LogP contribution in [0.25, 0.3) is 0 Å². The Bertz CT molecular complexity index is 543. The van der Waals surface area contributed by atoms with Crippen LogP contribution in [0, 0.1) is 0 Å². The first-order valence-corrected chi connectivity index (χ1v) is 6.12. The smallest absolute Gasteiger partial charge is 0.136 e. The lowest BCUT2D eigenvalue weighted by Gasteiger charge is -2.10. The average molecular weight is 264 g/mol. The molecule has 0 aliphatic heterocycles. The second-order valence-electron chi connectivity index (χ2n) is 3.85. The van der Waals surface area contributed by atoms with Crippen LogP contribution in [0.5, 0.6) is 11.5 Å². The summed E-state index contributed by atoms with van der Waals surface area (Å²) in [5.74, 6) is 1.31. The number of rotatable bonds is 4. The number of hydrogen-bond acceptors (Lipinski definition) is 3. The molecule has 0 radical (unpaired) electrons. The van der Waals surface area contributed by atoms with Gasteiger partial charge >= 0.3 is 0 Å². The Balaban J connectivity index is 2.28. The van der Waals surface area contributed by atoms with Crippen LogP contribution < -0.4 is 4.74 Å². The van der Waals surface area contributed by atoms with E-state index in [0.29, 0.717) is 17.1 Å². The number of halogens is 1. The molecule has 0 fully saturated rings. The summed E-state index contributed by atoms with van der Waals surface area (Å²) in [5, 5.41) is 9.94. The topological polar surface area (TPSA) is 42.4 Å². The largest absolute Gasteiger partial charge is 0.457 e. The van der Waals surface area contributed by atoms with Gasteiger partial charge in [-0.1, -0.05) is 18.5 Å². The molecule has 0 bridgehead atoms. The number of aromatic nitrogens is 1. The standard InChI is InChI=1S/C14H14ClNO2/c1-2-10-7-12(3-4-13(10)15)18-14-5-6-16-8-11(14)9-17/h3-8,17H,2,9H2,1H3. The molecule has 1 N–H and O–H groups in total. The number of nitrogens with zero attached hydrogens (tertiary/aromatic N) is 1. The molecule has 0 aliphatic rings. The predicted octanol–water partition coefficient (Wildman–Crippen LogP) is 3.58. The molecule has 4 heteroatoms. The summed E-state index contributed by atoms with van der Waals surface area (Å²) in [6.07, 6.45) is 4.07. The van der Waals surface area contributed by atoms with Crippen LogP contribution in [-0.4, -0.2) is 10.1 Å². The Hall–Kier alpha value is -1.58. The maximum Gasteiger partial charge on any atom is 0.136 e. The SMILES string of the molecule is CCc1cc(Oc2ccncc2CO)ccc1Cl. The van der Waals surface area contributed by atoms with Gasteiger partial charge in [0.1, 0.15) is 11.5 Å². The first-order valence-electron chi connectivity index (χ1n) is 5.74. The van der Waals surface area contributed by atoms with E-state index in [2.05, 4.69) is 4.98 Å². The van der Waals surface area contributed by atoms with Crippen molar-refractivity contribution in [3.05, 3.63) is 52.8 Å². The van der Waals surface area contributed by atoms with Crippen molar-refractivity contribution in [2.75, 3.05) is 0 Å². The van der Waals surface area contributed by atoms with E-state index in [9.17, 15) is 5.11 Å². The van der Waals surface area contributed by atoms with Gasteiger partial charge in [0.2, 0.25) is 0 Å². The fraction of sp³-hybridized carbons (Fsp3) is 0.214. The predicted molar refractivity (Wildman–Crippen MR) is 71.1 cm³/mol. The molecule has 2 aromatic rings. The molecule has 3 nitrogen and oxygen atoms in total. The van der Waals surface area contributed by atoms with E-state index in [1.165, 1.54) is 0 Å². The van der Waals surface area contributed by atoms with E-state index in [1.54, 1.807) is 18.5 Å². The van der Waals surface area contributed by atoms with Crippen molar-refractivity contribution in [2.45, 2.75) is 20.0 Å². The zero-order valence-corrected chi connectivity index (χ0v) is 10.8. The molecule has 0 spiro atoms. The number of benzene rings is 1. The molecule has 94 valence electrons. The number of hydrogen-bond donors (Lipinski definition) is 1. The minimum absolute atomic E-state index is 0.0998. The van der Waals surface area contributed by atoms with Gasteiger partial charge in [-0.25, -0.2) is 0 Å². The van der Waals surface area contributed by atoms with Crippen LogP contribution in [0.15, 0.2) is 36.7 Å². The van der Waals surface area contributed by atoms with Gasteiger partial charge in [-0.15, -0.1) is 0 Å². The van der Waals surface area contributed by atoms with Crippen LogP contribution >= 0.6 is 11.6 Å². The molecular formula is C14H14ClNO2. The Morgan fingerprint density at radius 3 is 2.83 bits per heavy atom. The molecule has 1 aromatic carbocycles. The van der Waals surface area contributed by atoms with Gasteiger partial charge in [0, 0.05) is 23.0 Å². The summed E-state index contributed by atoms with van der Waals surface area (Å²) in [6, 6.07) is 7.26. The summed E-state index contributed by atoms with van der Waals surface area (Å²) in [4.78, 5) is 3.94. The van der Waals surface area contributed by atoms with Crippen molar-refractivity contribution in [3.63, 3.8) is 0 Å². The molecule has 0 atom stereocenters. The molecule has 0 saturated heterocycles. The second-order valence-corrected chi connectivity index (χ2v) is 4.26. The van der Waals surface area contributed by atoms with E-state index < -0.39 is 0 Å². The number of aliphatic hydroxyl groups excluding tert-OH is 1. The van der Waals surface area contributed by atoms with Crippen molar-refractivity contribution in [3.8, 4) is 11.5 Å². The fourth-order valence-corrected chi connectivity index (χ4v) is 1.90. The van der Waals surface area contributed by atoms with E-state index in [4.69, 9.17) is 16.3 Å². The first-order chi connectivity index (χ1) is 8.74. The number of pyridine rings is 1. The molecule has 0 unspecified atom stereocenters. The average Bonchev–Trinajstić information content (AvgIpc) is 2.41. The van der Waals surface area contributed by atoms with Crippen LogP contribution in [0.1, 0.15) is 18.1 Å². The molecule has 1 aromatic heterocycles. The summed E-state index contributed by atoms with van der Waals surface area (Å²) in [5.41, 5.74) is 1.69. The van der Waals surface area contributed by atoms with Gasteiger partial charge in [-0.2, -0.15) is 0 Å². The number of aliphatic hydroxyl groups is 1. The molecule has 2 rings (SSSR count). The first kappa shape index (κ1) is 12.9. The minimum Gasteiger partial charge on any atom is -0.457 e. The highest BCUT2D eigenvalue weighted by Crippen LogP contribution is 2.28. The van der Waals surface area contributed by atoms with Gasteiger partial charge in [-0.05, 0) is 36.2 Å². The highest BCUT2D eigenvalue weighted by Gasteiger charge is 2.06. The fourth-order valence-electron chi connectivity index (χ4n) is 1.65. The molecular weight excluding hydrogens is 250 g/mol. The molecule has 0 aliphatic carbocycles. The summed E-state index contributed by atoms with van der Waals surface area (Å²) in [7, 11) is 0. The van der Waals surface area contributed by atoms with Gasteiger partial charge < -0.3 is 9.84 Å². The third kappa shape index (κ3) is 2.81. The zero-order valence-electron chi connectivity index (χ0n) is 10.1. The second kappa shape index (κ2) is 5.85. The summed E-state index contributed by atoms with van der Waals surface area (Å²) >= 11 is 6.05. The third-order valence-electron chi connectivity index (χ3n) is 2.66. The normalized spacial score (nSPS) is 10.4. The number of aryl methyl sites for hydroxylation is 1. The van der Waals surface area contributed by atoms with Gasteiger partial charge in [0.05, 0.1) is 6.61 Å². The van der Waals surface area contributed by atoms with Crippen molar-refractivity contribution >= 4 is 11.6 Å². The summed E-state index contributed by atoms with van der Waals surface area (Å²) < 4.78 is 5.74. The van der Waals surface area contributed by atoms with Crippen LogP contribution in [-0.2, 0) is 13.0 Å². The highest BCUT2D eigenvalue weighted by atomic mass is 35.5. The van der Waals surface area contributed by atoms with Crippen molar-refractivity contribution in [2.24, 2.45) is 0 Å². The van der Waals surface area contributed by atoms with E-state index in [1.807, 2.05) is 25.1 Å². The maximum absolute atomic E-state index is 9.20. The van der Waals surface area contributed by atoms with Crippen LogP contribution in [0.4, 0.5) is 0 Å². The lowest BCUT2D eigenvalue weighted by molar-refractivity contribution is 0.276. The quantitative estimate of drug-likeness (QED) is 0.917. The minimum atomic E-state index is -0.0998.